The monoisotopic (exact) mass is 526 g/mol. The summed E-state index contributed by atoms with van der Waals surface area (Å²) in [4.78, 5) is 19.1. The van der Waals surface area contributed by atoms with Gasteiger partial charge in [0.15, 0.2) is 6.10 Å². The highest BCUT2D eigenvalue weighted by Crippen LogP contribution is 2.38. The molecule has 1 aliphatic heterocycles. The van der Waals surface area contributed by atoms with Crippen molar-refractivity contribution in [1.82, 2.24) is 9.88 Å². The van der Waals surface area contributed by atoms with Gasteiger partial charge in [0.05, 0.1) is 0 Å². The predicted octanol–water partition coefficient (Wildman–Crippen LogP) is 4.58. The number of carboxylic acids is 1. The molecular formula is C28H32F2N4O4. The average Bonchev–Trinajstić information content (AvgIpc) is 2.90. The third-order valence-corrected chi connectivity index (χ3v) is 6.48. The lowest BCUT2D eigenvalue weighted by atomic mass is 10.0. The summed E-state index contributed by atoms with van der Waals surface area (Å²) >= 11 is 0. The summed E-state index contributed by atoms with van der Waals surface area (Å²) in [5.74, 6) is -4.13. The van der Waals surface area contributed by atoms with E-state index in [-0.39, 0.29) is 17.9 Å². The molecule has 3 aromatic rings. The molecule has 0 aliphatic carbocycles. The first-order chi connectivity index (χ1) is 18.2. The van der Waals surface area contributed by atoms with Gasteiger partial charge in [-0.3, -0.25) is 0 Å². The Kier molecular flexibility index (Phi) is 8.43. The van der Waals surface area contributed by atoms with Crippen LogP contribution in [-0.4, -0.2) is 60.3 Å². The van der Waals surface area contributed by atoms with Gasteiger partial charge in [0, 0.05) is 32.7 Å². The highest BCUT2D eigenvalue weighted by Gasteiger charge is 2.31. The van der Waals surface area contributed by atoms with E-state index in [0.717, 1.165) is 22.3 Å². The van der Waals surface area contributed by atoms with Gasteiger partial charge in [-0.15, -0.1) is 0 Å². The maximum Gasteiger partial charge on any atom is 0.344 e. The van der Waals surface area contributed by atoms with Crippen LogP contribution in [0, 0.1) is 18.6 Å². The van der Waals surface area contributed by atoms with Crippen molar-refractivity contribution in [1.29, 1.82) is 0 Å². The molecule has 2 aromatic carbocycles. The van der Waals surface area contributed by atoms with Crippen molar-refractivity contribution in [2.75, 3.05) is 38.1 Å². The summed E-state index contributed by atoms with van der Waals surface area (Å²) in [5, 5.41) is 9.43. The van der Waals surface area contributed by atoms with Gasteiger partial charge in [0.25, 0.3) is 11.8 Å². The molecule has 1 aromatic heterocycles. The number of aryl methyl sites for hydroxylation is 1. The normalized spacial score (nSPS) is 14.8. The number of nitrogens with two attached hydrogens (primary N) is 1. The van der Waals surface area contributed by atoms with E-state index in [0.29, 0.717) is 32.7 Å². The number of piperazine rings is 1. The molecule has 0 amide bonds. The minimum absolute atomic E-state index is 0.0664. The number of rotatable bonds is 9. The zero-order valence-electron chi connectivity index (χ0n) is 21.7. The number of hydrogen-bond donors (Lipinski definition) is 2. The van der Waals surface area contributed by atoms with E-state index >= 15 is 8.78 Å². The van der Waals surface area contributed by atoms with Gasteiger partial charge in [-0.2, -0.15) is 13.8 Å². The van der Waals surface area contributed by atoms with Crippen LogP contribution in [0.4, 0.5) is 14.5 Å². The Morgan fingerprint density at radius 1 is 1.08 bits per heavy atom. The van der Waals surface area contributed by atoms with Gasteiger partial charge < -0.3 is 30.1 Å². The maximum atomic E-state index is 15.8. The highest BCUT2D eigenvalue weighted by molar-refractivity contribution is 5.72. The first-order valence-electron chi connectivity index (χ1n) is 12.5. The van der Waals surface area contributed by atoms with Crippen LogP contribution >= 0.6 is 0 Å². The number of hydrogen-bond acceptors (Lipinski definition) is 7. The fourth-order valence-electron chi connectivity index (χ4n) is 4.35. The van der Waals surface area contributed by atoms with Crippen molar-refractivity contribution < 1.29 is 28.2 Å². The van der Waals surface area contributed by atoms with Gasteiger partial charge >= 0.3 is 5.97 Å². The number of anilines is 1. The standard InChI is InChI=1S/C28H32F2N4O4/c1-4-22(28(35)36)38-27-24(30)25(34-10-8-33(3)9-11-34)23(29)26(32-27)37-21-13-17(2)12-20(15-21)19-7-5-6-18(14-19)16-31/h5-7,12-15,22H,4,8-11,16,31H2,1-3H3,(H,35,36). The average molecular weight is 527 g/mol. The Balaban J connectivity index is 1.76. The number of carbonyl (C=O) groups is 1. The van der Waals surface area contributed by atoms with Gasteiger partial charge in [-0.05, 0) is 60.8 Å². The zero-order chi connectivity index (χ0) is 27.4. The molecule has 1 saturated heterocycles. The molecular weight excluding hydrogens is 494 g/mol. The Bertz CT molecular complexity index is 1310. The summed E-state index contributed by atoms with van der Waals surface area (Å²) in [7, 11) is 1.93. The van der Waals surface area contributed by atoms with Crippen LogP contribution in [0.1, 0.15) is 24.5 Å². The van der Waals surface area contributed by atoms with Crippen LogP contribution in [-0.2, 0) is 11.3 Å². The van der Waals surface area contributed by atoms with Crippen molar-refractivity contribution in [2.45, 2.75) is 32.9 Å². The first-order valence-corrected chi connectivity index (χ1v) is 12.5. The minimum Gasteiger partial charge on any atom is -0.479 e. The van der Waals surface area contributed by atoms with Crippen LogP contribution in [0.2, 0.25) is 0 Å². The molecule has 202 valence electrons. The SMILES string of the molecule is CCC(Oc1nc(Oc2cc(C)cc(-c3cccc(CN)c3)c2)c(F)c(N2CCN(C)CC2)c1F)C(=O)O. The number of likely N-dealkylation sites (N-methyl/N-ethyl adjacent to an activating group) is 1. The third kappa shape index (κ3) is 6.03. The first kappa shape index (κ1) is 27.3. The summed E-state index contributed by atoms with van der Waals surface area (Å²) in [6.45, 7) is 5.80. The van der Waals surface area contributed by atoms with E-state index < -0.39 is 35.5 Å². The van der Waals surface area contributed by atoms with Crippen molar-refractivity contribution in [2.24, 2.45) is 5.73 Å². The highest BCUT2D eigenvalue weighted by atomic mass is 19.1. The molecule has 0 spiro atoms. The molecule has 38 heavy (non-hydrogen) atoms. The van der Waals surface area contributed by atoms with Crippen LogP contribution < -0.4 is 20.1 Å². The molecule has 1 atom stereocenters. The number of pyridine rings is 1. The molecule has 10 heteroatoms. The Hall–Kier alpha value is -3.76. The summed E-state index contributed by atoms with van der Waals surface area (Å²) in [5.41, 5.74) is 8.98. The largest absolute Gasteiger partial charge is 0.479 e. The Morgan fingerprint density at radius 3 is 2.45 bits per heavy atom. The molecule has 1 unspecified atom stereocenters. The molecule has 8 nitrogen and oxygen atoms in total. The molecule has 3 N–H and O–H groups in total. The predicted molar refractivity (Wildman–Crippen MR) is 141 cm³/mol. The van der Waals surface area contributed by atoms with Crippen molar-refractivity contribution in [3.05, 3.63) is 65.2 Å². The van der Waals surface area contributed by atoms with Crippen LogP contribution in [0.3, 0.4) is 0 Å². The number of benzene rings is 2. The second-order valence-corrected chi connectivity index (χ2v) is 9.38. The van der Waals surface area contributed by atoms with Crippen LogP contribution in [0.5, 0.6) is 17.5 Å². The van der Waals surface area contributed by atoms with E-state index in [1.807, 2.05) is 49.2 Å². The lowest BCUT2D eigenvalue weighted by Gasteiger charge is -2.34. The lowest BCUT2D eigenvalue weighted by Crippen LogP contribution is -2.45. The van der Waals surface area contributed by atoms with E-state index in [9.17, 15) is 9.90 Å². The zero-order valence-corrected chi connectivity index (χ0v) is 21.7. The maximum absolute atomic E-state index is 15.8. The van der Waals surface area contributed by atoms with E-state index in [4.69, 9.17) is 15.2 Å². The number of ether oxygens (including phenoxy) is 2. The number of halogens is 2. The van der Waals surface area contributed by atoms with E-state index in [1.165, 1.54) is 0 Å². The van der Waals surface area contributed by atoms with Crippen molar-refractivity contribution in [3.63, 3.8) is 0 Å². The molecule has 0 radical (unpaired) electrons. The molecule has 4 rings (SSSR count). The number of aliphatic carboxylic acids is 1. The number of nitrogens with zero attached hydrogens (tertiary/aromatic N) is 3. The topological polar surface area (TPSA) is 101 Å². The molecule has 0 bridgehead atoms. The smallest absolute Gasteiger partial charge is 0.344 e. The molecule has 2 heterocycles. The summed E-state index contributed by atoms with van der Waals surface area (Å²) < 4.78 is 42.7. The van der Waals surface area contributed by atoms with E-state index in [2.05, 4.69) is 4.98 Å². The molecule has 1 aliphatic rings. The number of aromatic nitrogens is 1. The number of carboxylic acid groups (broad SMARTS) is 1. The van der Waals surface area contributed by atoms with Crippen LogP contribution in [0.25, 0.3) is 11.1 Å². The molecule has 1 fully saturated rings. The summed E-state index contributed by atoms with van der Waals surface area (Å²) in [6.07, 6.45) is -1.28. The van der Waals surface area contributed by atoms with Gasteiger partial charge in [-0.1, -0.05) is 31.2 Å². The fraction of sp³-hybridized carbons (Fsp3) is 0.357. The lowest BCUT2D eigenvalue weighted by molar-refractivity contribution is -0.145. The molecule has 0 saturated carbocycles. The second-order valence-electron chi connectivity index (χ2n) is 9.38. The minimum atomic E-state index is -1.35. The quantitative estimate of drug-likeness (QED) is 0.418. The van der Waals surface area contributed by atoms with E-state index in [1.54, 1.807) is 24.0 Å². The Morgan fingerprint density at radius 2 is 1.79 bits per heavy atom. The van der Waals surface area contributed by atoms with Gasteiger partial charge in [0.1, 0.15) is 11.4 Å². The van der Waals surface area contributed by atoms with Crippen molar-refractivity contribution in [3.8, 4) is 28.6 Å². The third-order valence-electron chi connectivity index (χ3n) is 6.48. The second kappa shape index (κ2) is 11.7. The van der Waals surface area contributed by atoms with Crippen LogP contribution in [0.15, 0.2) is 42.5 Å². The Labute approximate surface area is 220 Å². The fourth-order valence-corrected chi connectivity index (χ4v) is 4.35. The van der Waals surface area contributed by atoms with Gasteiger partial charge in [0.2, 0.25) is 11.6 Å². The van der Waals surface area contributed by atoms with Crippen molar-refractivity contribution >= 4 is 11.7 Å². The summed E-state index contributed by atoms with van der Waals surface area (Å²) in [6, 6.07) is 13.1. The van der Waals surface area contributed by atoms with Gasteiger partial charge in [-0.25, -0.2) is 4.79 Å².